The van der Waals surface area contributed by atoms with Crippen LogP contribution in [-0.4, -0.2) is 31.5 Å². The quantitative estimate of drug-likeness (QED) is 0.113. The number of aromatic amines is 4. The standard InChI is InChI=1S/C23H28N2O.C19H28N2O/c1-7-19-13(2)22(24-15(19)4)21(18-11-9-8-10-12-18)23-14(3)20(17(6)26)16(5)25-23;1-8-15-10(3)18(20-12(15)5)16(9-2)19-11(4)17(14(7)22)13(6)21-19/h8-12,21,24-25H,7H2,1-6H3;16,20-21H,8-9H2,1-7H3. The molecule has 4 N–H and O–H groups in total. The largest absolute Gasteiger partial charge is 0.361 e. The van der Waals surface area contributed by atoms with Crippen LogP contribution in [0.1, 0.15) is 158 Å². The summed E-state index contributed by atoms with van der Waals surface area (Å²) < 4.78 is 0. The average molecular weight is 649 g/mol. The van der Waals surface area contributed by atoms with Gasteiger partial charge >= 0.3 is 0 Å². The predicted molar refractivity (Wildman–Crippen MR) is 199 cm³/mol. The van der Waals surface area contributed by atoms with E-state index in [1.165, 1.54) is 56.3 Å². The van der Waals surface area contributed by atoms with Crippen molar-refractivity contribution in [3.63, 3.8) is 0 Å². The molecule has 5 rings (SSSR count). The number of aryl methyl sites for hydroxylation is 4. The van der Waals surface area contributed by atoms with Crippen LogP contribution in [0.3, 0.4) is 0 Å². The van der Waals surface area contributed by atoms with Gasteiger partial charge in [-0.1, -0.05) is 51.1 Å². The third kappa shape index (κ3) is 6.67. The maximum atomic E-state index is 12.1. The third-order valence-electron chi connectivity index (χ3n) is 10.4. The van der Waals surface area contributed by atoms with Crippen LogP contribution in [0.4, 0.5) is 0 Å². The van der Waals surface area contributed by atoms with E-state index in [2.05, 4.69) is 107 Å². The van der Waals surface area contributed by atoms with Gasteiger partial charge in [-0.05, 0) is 127 Å². The molecule has 6 nitrogen and oxygen atoms in total. The molecule has 6 heteroatoms. The second kappa shape index (κ2) is 14.8. The van der Waals surface area contributed by atoms with Gasteiger partial charge in [-0.25, -0.2) is 0 Å². The number of carbonyl (C=O) groups excluding carboxylic acids is 2. The van der Waals surface area contributed by atoms with Crippen molar-refractivity contribution in [1.29, 1.82) is 0 Å². The number of hydrogen-bond acceptors (Lipinski definition) is 2. The lowest BCUT2D eigenvalue weighted by Gasteiger charge is -2.18. The van der Waals surface area contributed by atoms with E-state index >= 15 is 0 Å². The molecule has 48 heavy (non-hydrogen) atoms. The molecule has 0 aliphatic rings. The Balaban J connectivity index is 0.000000220. The first kappa shape index (κ1) is 36.5. The van der Waals surface area contributed by atoms with Gasteiger partial charge in [0, 0.05) is 62.6 Å². The lowest BCUT2D eigenvalue weighted by Crippen LogP contribution is -2.08. The first-order chi connectivity index (χ1) is 22.7. The smallest absolute Gasteiger partial charge is 0.161 e. The minimum atomic E-state index is 0.0574. The summed E-state index contributed by atoms with van der Waals surface area (Å²) in [6.07, 6.45) is 3.06. The Morgan fingerprint density at radius 2 is 0.917 bits per heavy atom. The van der Waals surface area contributed by atoms with E-state index in [1.807, 2.05) is 19.9 Å². The fourth-order valence-electron chi connectivity index (χ4n) is 8.25. The van der Waals surface area contributed by atoms with Gasteiger partial charge in [-0.3, -0.25) is 9.59 Å². The highest BCUT2D eigenvalue weighted by molar-refractivity contribution is 5.97. The molecular weight excluding hydrogens is 592 g/mol. The SMILES string of the molecule is CCc1c(C)[nH]c(C(CC)c2[nH]c(C)c(C(C)=O)c2C)c1C.CCc1c(C)[nH]c(C(c2ccccc2)c2[nH]c(C)c(C(C)=O)c2C)c1C. The molecule has 0 amide bonds. The van der Waals surface area contributed by atoms with Crippen LogP contribution < -0.4 is 0 Å². The number of Topliss-reactive ketones (excluding diaryl/α,β-unsaturated/α-hetero) is 2. The average Bonchev–Trinajstić information content (AvgIpc) is 3.70. The molecule has 0 saturated heterocycles. The summed E-state index contributed by atoms with van der Waals surface area (Å²) in [6.45, 7) is 26.7. The molecule has 0 bridgehead atoms. The Hall–Kier alpha value is -4.32. The number of hydrogen-bond donors (Lipinski definition) is 4. The Bertz CT molecular complexity index is 1930. The van der Waals surface area contributed by atoms with Gasteiger partial charge in [0.25, 0.3) is 0 Å². The van der Waals surface area contributed by atoms with Gasteiger partial charge in [0.05, 0.1) is 5.92 Å². The minimum absolute atomic E-state index is 0.0574. The zero-order valence-electron chi connectivity index (χ0n) is 31.5. The highest BCUT2D eigenvalue weighted by Crippen LogP contribution is 2.38. The van der Waals surface area contributed by atoms with Gasteiger partial charge in [-0.15, -0.1) is 0 Å². The summed E-state index contributed by atoms with van der Waals surface area (Å²) in [5, 5.41) is 0. The van der Waals surface area contributed by atoms with Crippen molar-refractivity contribution in [3.05, 3.63) is 126 Å². The van der Waals surface area contributed by atoms with Crippen LogP contribution >= 0.6 is 0 Å². The molecule has 0 aliphatic carbocycles. The lowest BCUT2D eigenvalue weighted by atomic mass is 9.87. The Morgan fingerprint density at radius 1 is 0.542 bits per heavy atom. The van der Waals surface area contributed by atoms with Crippen LogP contribution in [0.15, 0.2) is 30.3 Å². The fraction of sp³-hybridized carbons (Fsp3) is 0.429. The van der Waals surface area contributed by atoms with E-state index in [-0.39, 0.29) is 23.4 Å². The van der Waals surface area contributed by atoms with Crippen molar-refractivity contribution in [2.24, 2.45) is 0 Å². The summed E-state index contributed by atoms with van der Waals surface area (Å²) >= 11 is 0. The molecule has 256 valence electrons. The van der Waals surface area contributed by atoms with Crippen molar-refractivity contribution in [2.75, 3.05) is 0 Å². The van der Waals surface area contributed by atoms with Crippen LogP contribution in [0.5, 0.6) is 0 Å². The molecule has 0 spiro atoms. The monoisotopic (exact) mass is 648 g/mol. The molecule has 2 unspecified atom stereocenters. The van der Waals surface area contributed by atoms with E-state index in [0.29, 0.717) is 0 Å². The van der Waals surface area contributed by atoms with Gasteiger partial charge < -0.3 is 19.9 Å². The number of H-pyrrole nitrogens is 4. The number of ketones is 2. The number of nitrogens with one attached hydrogen (secondary N) is 4. The predicted octanol–water partition coefficient (Wildman–Crippen LogP) is 10.4. The molecule has 4 aromatic heterocycles. The number of carbonyl (C=O) groups is 2. The normalized spacial score (nSPS) is 12.5. The van der Waals surface area contributed by atoms with E-state index in [1.54, 1.807) is 13.8 Å². The highest BCUT2D eigenvalue weighted by Gasteiger charge is 2.28. The van der Waals surface area contributed by atoms with E-state index in [0.717, 1.165) is 58.6 Å². The number of aromatic nitrogens is 4. The van der Waals surface area contributed by atoms with Crippen molar-refractivity contribution in [3.8, 4) is 0 Å². The fourth-order valence-corrected chi connectivity index (χ4v) is 8.25. The molecule has 1 aromatic carbocycles. The molecule has 5 aromatic rings. The van der Waals surface area contributed by atoms with Crippen LogP contribution in [-0.2, 0) is 12.8 Å². The van der Waals surface area contributed by atoms with Gasteiger partial charge in [0.15, 0.2) is 11.6 Å². The highest BCUT2D eigenvalue weighted by atomic mass is 16.1. The molecule has 0 fully saturated rings. The van der Waals surface area contributed by atoms with E-state index in [9.17, 15) is 9.59 Å². The van der Waals surface area contributed by atoms with Gasteiger partial charge in [-0.2, -0.15) is 0 Å². The van der Waals surface area contributed by atoms with Crippen LogP contribution in [0.25, 0.3) is 0 Å². The maximum absolute atomic E-state index is 12.1. The van der Waals surface area contributed by atoms with Crippen LogP contribution in [0.2, 0.25) is 0 Å². The van der Waals surface area contributed by atoms with Crippen molar-refractivity contribution < 1.29 is 9.59 Å². The second-order valence-corrected chi connectivity index (χ2v) is 13.5. The molecular formula is C42H56N4O2. The van der Waals surface area contributed by atoms with Gasteiger partial charge in [0.1, 0.15) is 0 Å². The molecule has 2 atom stereocenters. The second-order valence-electron chi connectivity index (χ2n) is 13.5. The summed E-state index contributed by atoms with van der Waals surface area (Å²) in [7, 11) is 0. The maximum Gasteiger partial charge on any atom is 0.161 e. The minimum Gasteiger partial charge on any atom is -0.361 e. The summed E-state index contributed by atoms with van der Waals surface area (Å²) in [6, 6.07) is 10.5. The topological polar surface area (TPSA) is 97.3 Å². The van der Waals surface area contributed by atoms with Crippen LogP contribution in [0, 0.1) is 55.4 Å². The molecule has 0 aliphatic heterocycles. The van der Waals surface area contributed by atoms with Gasteiger partial charge in [0.2, 0.25) is 0 Å². The molecule has 0 radical (unpaired) electrons. The van der Waals surface area contributed by atoms with Crippen molar-refractivity contribution in [2.45, 2.75) is 121 Å². The summed E-state index contributed by atoms with van der Waals surface area (Å²) in [5.74, 6) is 0.594. The zero-order chi connectivity index (χ0) is 35.6. The first-order valence-corrected chi connectivity index (χ1v) is 17.5. The van der Waals surface area contributed by atoms with E-state index < -0.39 is 0 Å². The number of rotatable bonds is 10. The Kier molecular flexibility index (Phi) is 11.3. The Morgan fingerprint density at radius 3 is 1.33 bits per heavy atom. The lowest BCUT2D eigenvalue weighted by molar-refractivity contribution is 0.100. The summed E-state index contributed by atoms with van der Waals surface area (Å²) in [4.78, 5) is 38.3. The third-order valence-corrected chi connectivity index (χ3v) is 10.4. The zero-order valence-corrected chi connectivity index (χ0v) is 31.5. The van der Waals surface area contributed by atoms with E-state index in [4.69, 9.17) is 0 Å². The Labute approximate surface area is 287 Å². The first-order valence-electron chi connectivity index (χ1n) is 17.5. The van der Waals surface area contributed by atoms with Crippen molar-refractivity contribution >= 4 is 11.6 Å². The summed E-state index contributed by atoms with van der Waals surface area (Å²) in [5.41, 5.74) is 19.7. The molecule has 0 saturated carbocycles. The van der Waals surface area contributed by atoms with Crippen molar-refractivity contribution in [1.82, 2.24) is 19.9 Å². The number of benzene rings is 1. The molecule has 4 heterocycles.